The van der Waals surface area contributed by atoms with E-state index in [2.05, 4.69) is 6.58 Å². The van der Waals surface area contributed by atoms with Crippen LogP contribution in [0.15, 0.2) is 55.1 Å². The highest BCUT2D eigenvalue weighted by Crippen LogP contribution is 2.31. The van der Waals surface area contributed by atoms with Crippen LogP contribution in [0.5, 0.6) is 17.2 Å². The summed E-state index contributed by atoms with van der Waals surface area (Å²) in [5.74, 6) is 1.96. The SMILES string of the molecule is C=CCc1ccccc1OCCOc1c(OC)cccc1C(N)=S. The summed E-state index contributed by atoms with van der Waals surface area (Å²) >= 11 is 5.06. The van der Waals surface area contributed by atoms with Crippen LogP contribution in [-0.4, -0.2) is 25.3 Å². The molecule has 0 bridgehead atoms. The van der Waals surface area contributed by atoms with Gasteiger partial charge >= 0.3 is 0 Å². The third-order valence-corrected chi connectivity index (χ3v) is 3.61. The Morgan fingerprint density at radius 2 is 1.79 bits per heavy atom. The molecule has 0 aromatic heterocycles. The van der Waals surface area contributed by atoms with Crippen molar-refractivity contribution in [3.63, 3.8) is 0 Å². The molecule has 2 N–H and O–H groups in total. The molecule has 0 fully saturated rings. The van der Waals surface area contributed by atoms with Crippen LogP contribution in [0.1, 0.15) is 11.1 Å². The van der Waals surface area contributed by atoms with E-state index in [0.717, 1.165) is 17.7 Å². The number of nitrogens with two attached hydrogens (primary N) is 1. The molecule has 126 valence electrons. The molecule has 2 aromatic carbocycles. The smallest absolute Gasteiger partial charge is 0.171 e. The van der Waals surface area contributed by atoms with Gasteiger partial charge in [0.15, 0.2) is 11.5 Å². The van der Waals surface area contributed by atoms with Gasteiger partial charge in [-0.3, -0.25) is 0 Å². The number of ether oxygens (including phenoxy) is 3. The molecule has 0 unspecified atom stereocenters. The van der Waals surface area contributed by atoms with Crippen LogP contribution >= 0.6 is 12.2 Å². The molecule has 0 aliphatic heterocycles. The van der Waals surface area contributed by atoms with E-state index in [4.69, 9.17) is 32.2 Å². The first-order valence-electron chi connectivity index (χ1n) is 7.58. The van der Waals surface area contributed by atoms with E-state index in [0.29, 0.717) is 30.3 Å². The van der Waals surface area contributed by atoms with Crippen molar-refractivity contribution in [1.29, 1.82) is 0 Å². The first-order valence-corrected chi connectivity index (χ1v) is 7.99. The Bertz CT molecular complexity index is 716. The second-order valence-electron chi connectivity index (χ2n) is 5.00. The number of thiocarbonyl (C=S) groups is 1. The highest BCUT2D eigenvalue weighted by Gasteiger charge is 2.12. The maximum atomic E-state index is 5.81. The normalized spacial score (nSPS) is 10.0. The van der Waals surface area contributed by atoms with Crippen LogP contribution in [0.4, 0.5) is 0 Å². The molecular formula is C19H21NO3S. The fourth-order valence-corrected chi connectivity index (χ4v) is 2.44. The molecule has 0 amide bonds. The topological polar surface area (TPSA) is 53.7 Å². The second-order valence-corrected chi connectivity index (χ2v) is 5.44. The lowest BCUT2D eigenvalue weighted by molar-refractivity contribution is 0.210. The average molecular weight is 343 g/mol. The van der Waals surface area contributed by atoms with Crippen molar-refractivity contribution in [3.05, 3.63) is 66.2 Å². The van der Waals surface area contributed by atoms with Crippen LogP contribution < -0.4 is 19.9 Å². The third-order valence-electron chi connectivity index (χ3n) is 3.39. The fourth-order valence-electron chi connectivity index (χ4n) is 2.28. The molecule has 0 aliphatic carbocycles. The molecule has 5 heteroatoms. The molecule has 0 heterocycles. The lowest BCUT2D eigenvalue weighted by Crippen LogP contribution is -2.15. The number of benzene rings is 2. The molecule has 24 heavy (non-hydrogen) atoms. The largest absolute Gasteiger partial charge is 0.493 e. The fraction of sp³-hybridized carbons (Fsp3) is 0.211. The molecule has 0 atom stereocenters. The van der Waals surface area contributed by atoms with E-state index >= 15 is 0 Å². The Kier molecular flexibility index (Phi) is 6.63. The predicted molar refractivity (Wildman–Crippen MR) is 100 cm³/mol. The molecule has 4 nitrogen and oxygen atoms in total. The van der Waals surface area contributed by atoms with E-state index < -0.39 is 0 Å². The van der Waals surface area contributed by atoms with E-state index in [1.807, 2.05) is 36.4 Å². The number of rotatable bonds is 9. The Labute approximate surface area is 147 Å². The highest BCUT2D eigenvalue weighted by atomic mass is 32.1. The summed E-state index contributed by atoms with van der Waals surface area (Å²) in [7, 11) is 1.58. The van der Waals surface area contributed by atoms with Crippen LogP contribution in [0.25, 0.3) is 0 Å². The standard InChI is InChI=1S/C19H21NO3S/c1-3-7-14-8-4-5-10-16(14)22-12-13-23-18-15(19(20)24)9-6-11-17(18)21-2/h3-6,8-11H,1,7,12-13H2,2H3,(H2,20,24). The number of para-hydroxylation sites is 2. The number of hydrogen-bond acceptors (Lipinski definition) is 4. The van der Waals surface area contributed by atoms with Gasteiger partial charge in [0.25, 0.3) is 0 Å². The van der Waals surface area contributed by atoms with Crippen molar-refractivity contribution in [1.82, 2.24) is 0 Å². The predicted octanol–water partition coefficient (Wildman–Crippen LogP) is 3.52. The van der Waals surface area contributed by atoms with E-state index in [9.17, 15) is 0 Å². The quantitative estimate of drug-likeness (QED) is 0.429. The molecule has 0 aliphatic rings. The minimum absolute atomic E-state index is 0.265. The van der Waals surface area contributed by atoms with Crippen LogP contribution in [0.3, 0.4) is 0 Å². The molecule has 0 spiro atoms. The average Bonchev–Trinajstić information content (AvgIpc) is 2.60. The number of hydrogen-bond donors (Lipinski definition) is 1. The monoisotopic (exact) mass is 343 g/mol. The van der Waals surface area contributed by atoms with Crippen molar-refractivity contribution in [2.24, 2.45) is 5.73 Å². The number of allylic oxidation sites excluding steroid dienone is 1. The molecule has 0 radical (unpaired) electrons. The lowest BCUT2D eigenvalue weighted by atomic mass is 10.1. The number of methoxy groups -OCH3 is 1. The van der Waals surface area contributed by atoms with E-state index in [1.165, 1.54) is 0 Å². The Hall–Kier alpha value is -2.53. The van der Waals surface area contributed by atoms with E-state index in [1.54, 1.807) is 19.2 Å². The molecular weight excluding hydrogens is 322 g/mol. The van der Waals surface area contributed by atoms with Gasteiger partial charge in [-0.1, -0.05) is 42.6 Å². The van der Waals surface area contributed by atoms with Gasteiger partial charge in [0, 0.05) is 0 Å². The first kappa shape index (κ1) is 17.8. The van der Waals surface area contributed by atoms with Gasteiger partial charge in [0.1, 0.15) is 24.0 Å². The zero-order valence-corrected chi connectivity index (χ0v) is 14.5. The van der Waals surface area contributed by atoms with Gasteiger partial charge in [-0.05, 0) is 30.2 Å². The summed E-state index contributed by atoms with van der Waals surface area (Å²) in [5, 5.41) is 0. The molecule has 2 rings (SSSR count). The summed E-state index contributed by atoms with van der Waals surface area (Å²) in [6, 6.07) is 13.3. The highest BCUT2D eigenvalue weighted by molar-refractivity contribution is 7.80. The summed E-state index contributed by atoms with van der Waals surface area (Å²) < 4.78 is 16.9. The maximum absolute atomic E-state index is 5.81. The zero-order valence-electron chi connectivity index (χ0n) is 13.7. The molecule has 2 aromatic rings. The van der Waals surface area contributed by atoms with Crippen LogP contribution in [0.2, 0.25) is 0 Å². The Morgan fingerprint density at radius 1 is 1.08 bits per heavy atom. The van der Waals surface area contributed by atoms with E-state index in [-0.39, 0.29) is 4.99 Å². The maximum Gasteiger partial charge on any atom is 0.171 e. The first-order chi connectivity index (χ1) is 11.7. The lowest BCUT2D eigenvalue weighted by Gasteiger charge is -2.15. The molecule has 0 saturated heterocycles. The minimum Gasteiger partial charge on any atom is -0.493 e. The van der Waals surface area contributed by atoms with Crippen LogP contribution in [-0.2, 0) is 6.42 Å². The van der Waals surface area contributed by atoms with Crippen molar-refractivity contribution >= 4 is 17.2 Å². The minimum atomic E-state index is 0.265. The van der Waals surface area contributed by atoms with Crippen molar-refractivity contribution in [3.8, 4) is 17.2 Å². The second kappa shape index (κ2) is 8.93. The summed E-state index contributed by atoms with van der Waals surface area (Å²) in [6.45, 7) is 4.50. The van der Waals surface area contributed by atoms with Crippen molar-refractivity contribution in [2.75, 3.05) is 20.3 Å². The summed E-state index contributed by atoms with van der Waals surface area (Å²) in [6.07, 6.45) is 2.61. The van der Waals surface area contributed by atoms with Gasteiger partial charge in [-0.2, -0.15) is 0 Å². The third kappa shape index (κ3) is 4.49. The van der Waals surface area contributed by atoms with Gasteiger partial charge in [0.2, 0.25) is 0 Å². The summed E-state index contributed by atoms with van der Waals surface area (Å²) in [4.78, 5) is 0.265. The van der Waals surface area contributed by atoms with Gasteiger partial charge in [-0.15, -0.1) is 6.58 Å². The Balaban J connectivity index is 2.00. The van der Waals surface area contributed by atoms with Crippen LogP contribution in [0, 0.1) is 0 Å². The van der Waals surface area contributed by atoms with Gasteiger partial charge < -0.3 is 19.9 Å². The van der Waals surface area contributed by atoms with Gasteiger partial charge in [-0.25, -0.2) is 0 Å². The van der Waals surface area contributed by atoms with Gasteiger partial charge in [0.05, 0.1) is 12.7 Å². The van der Waals surface area contributed by atoms with Crippen molar-refractivity contribution < 1.29 is 14.2 Å². The zero-order chi connectivity index (χ0) is 17.4. The molecule has 0 saturated carbocycles. The van der Waals surface area contributed by atoms with Crippen molar-refractivity contribution in [2.45, 2.75) is 6.42 Å². The Morgan fingerprint density at radius 3 is 2.50 bits per heavy atom. The summed E-state index contributed by atoms with van der Waals surface area (Å²) in [5.41, 5.74) is 7.48.